The van der Waals surface area contributed by atoms with E-state index in [1.54, 1.807) is 23.7 Å². The fourth-order valence-corrected chi connectivity index (χ4v) is 5.65. The molecule has 8 heteroatoms. The first-order valence-electron chi connectivity index (χ1n) is 9.46. The minimum absolute atomic E-state index is 0.0539. The summed E-state index contributed by atoms with van der Waals surface area (Å²) >= 11 is 3.11. The molecule has 2 atom stereocenters. The summed E-state index contributed by atoms with van der Waals surface area (Å²) in [5.74, 6) is 2.24. The minimum atomic E-state index is -0.0792. The first-order valence-corrected chi connectivity index (χ1v) is 11.3. The number of aromatic nitrogens is 2. The molecule has 0 spiro atoms. The number of thioether (sulfide) groups is 1. The van der Waals surface area contributed by atoms with Gasteiger partial charge in [-0.3, -0.25) is 9.59 Å². The Morgan fingerprint density at radius 2 is 2.39 bits per heavy atom. The van der Waals surface area contributed by atoms with Crippen LogP contribution >= 0.6 is 23.1 Å². The van der Waals surface area contributed by atoms with Crippen molar-refractivity contribution in [1.29, 1.82) is 0 Å². The number of aromatic amines is 1. The monoisotopic (exact) mass is 417 g/mol. The summed E-state index contributed by atoms with van der Waals surface area (Å²) in [6, 6.07) is 3.61. The maximum atomic E-state index is 12.7. The first-order chi connectivity index (χ1) is 13.5. The number of fused-ring (bicyclic) bond motifs is 3. The van der Waals surface area contributed by atoms with Crippen LogP contribution < -0.4 is 10.9 Å². The smallest absolute Gasteiger partial charge is 0.259 e. The van der Waals surface area contributed by atoms with Gasteiger partial charge in [-0.25, -0.2) is 4.98 Å². The van der Waals surface area contributed by atoms with Crippen molar-refractivity contribution in [2.75, 3.05) is 5.75 Å². The molecule has 0 radical (unpaired) electrons. The van der Waals surface area contributed by atoms with Crippen molar-refractivity contribution >= 4 is 39.2 Å². The molecule has 1 amide bonds. The Morgan fingerprint density at radius 1 is 1.54 bits per heavy atom. The number of aryl methyl sites for hydroxylation is 1. The number of carbonyl (C=O) groups is 1. The normalized spacial score (nSPS) is 17.4. The third-order valence-corrected chi connectivity index (χ3v) is 7.37. The van der Waals surface area contributed by atoms with Gasteiger partial charge in [0.25, 0.3) is 5.56 Å². The highest BCUT2D eigenvalue weighted by Gasteiger charge is 2.24. The van der Waals surface area contributed by atoms with Crippen molar-refractivity contribution in [3.63, 3.8) is 0 Å². The molecule has 0 bridgehead atoms. The average Bonchev–Trinajstić information content (AvgIpc) is 3.31. The number of hydrogen-bond donors (Lipinski definition) is 2. The molecule has 6 nitrogen and oxygen atoms in total. The van der Waals surface area contributed by atoms with E-state index in [1.807, 2.05) is 13.0 Å². The van der Waals surface area contributed by atoms with Gasteiger partial charge < -0.3 is 14.7 Å². The molecular weight excluding hydrogens is 394 g/mol. The fraction of sp³-hybridized carbons (Fsp3) is 0.450. The predicted octanol–water partition coefficient (Wildman–Crippen LogP) is 3.81. The summed E-state index contributed by atoms with van der Waals surface area (Å²) in [5.41, 5.74) is 1.14. The van der Waals surface area contributed by atoms with Gasteiger partial charge >= 0.3 is 0 Å². The maximum absolute atomic E-state index is 12.7. The van der Waals surface area contributed by atoms with Gasteiger partial charge in [-0.2, -0.15) is 0 Å². The summed E-state index contributed by atoms with van der Waals surface area (Å²) in [6.45, 7) is 4.59. The van der Waals surface area contributed by atoms with E-state index in [4.69, 9.17) is 9.40 Å². The zero-order valence-corrected chi connectivity index (χ0v) is 17.5. The number of nitrogens with zero attached hydrogens (tertiary/aromatic N) is 1. The summed E-state index contributed by atoms with van der Waals surface area (Å²) < 4.78 is 5.20. The van der Waals surface area contributed by atoms with Gasteiger partial charge in [0.1, 0.15) is 16.4 Å². The van der Waals surface area contributed by atoms with Crippen molar-refractivity contribution in [3.8, 4) is 0 Å². The lowest BCUT2D eigenvalue weighted by Gasteiger charge is -2.17. The van der Waals surface area contributed by atoms with Crippen molar-refractivity contribution in [2.45, 2.75) is 44.9 Å². The number of amides is 1. The molecule has 0 aliphatic heterocycles. The molecule has 1 aliphatic carbocycles. The van der Waals surface area contributed by atoms with Gasteiger partial charge in [0, 0.05) is 4.88 Å². The van der Waals surface area contributed by atoms with Crippen LogP contribution in [0.1, 0.15) is 47.5 Å². The molecular formula is C20H23N3O3S2. The third-order valence-electron chi connectivity index (χ3n) is 5.07. The summed E-state index contributed by atoms with van der Waals surface area (Å²) in [7, 11) is 0. The first kappa shape index (κ1) is 19.3. The van der Waals surface area contributed by atoms with E-state index in [2.05, 4.69) is 17.2 Å². The Bertz CT molecular complexity index is 1040. The highest BCUT2D eigenvalue weighted by Crippen LogP contribution is 2.36. The number of carbonyl (C=O) groups excluding carboxylic acids is 1. The van der Waals surface area contributed by atoms with E-state index < -0.39 is 0 Å². The largest absolute Gasteiger partial charge is 0.467 e. The van der Waals surface area contributed by atoms with Gasteiger partial charge in [-0.1, -0.05) is 6.92 Å². The zero-order chi connectivity index (χ0) is 19.7. The van der Waals surface area contributed by atoms with Crippen LogP contribution in [0.2, 0.25) is 0 Å². The van der Waals surface area contributed by atoms with Gasteiger partial charge in [-0.15, -0.1) is 23.1 Å². The van der Waals surface area contributed by atoms with Crippen LogP contribution in [-0.2, 0) is 24.2 Å². The molecule has 0 fully saturated rings. The van der Waals surface area contributed by atoms with E-state index in [0.717, 1.165) is 35.2 Å². The van der Waals surface area contributed by atoms with Crippen molar-refractivity contribution < 1.29 is 9.21 Å². The molecule has 1 aliphatic rings. The maximum Gasteiger partial charge on any atom is 0.259 e. The van der Waals surface area contributed by atoms with Crippen LogP contribution in [0.3, 0.4) is 0 Å². The number of hydrogen-bond acceptors (Lipinski definition) is 6. The Balaban J connectivity index is 1.43. The molecule has 3 heterocycles. The van der Waals surface area contributed by atoms with Crippen LogP contribution in [0.15, 0.2) is 27.6 Å². The number of thiophene rings is 1. The number of H-pyrrole nitrogens is 1. The van der Waals surface area contributed by atoms with Crippen molar-refractivity contribution in [3.05, 3.63) is 50.8 Å². The Morgan fingerprint density at radius 3 is 3.18 bits per heavy atom. The summed E-state index contributed by atoms with van der Waals surface area (Å²) in [5, 5.41) is 3.51. The fourth-order valence-electron chi connectivity index (χ4n) is 3.49. The molecule has 28 heavy (non-hydrogen) atoms. The zero-order valence-electron chi connectivity index (χ0n) is 15.9. The van der Waals surface area contributed by atoms with Crippen LogP contribution in [0.5, 0.6) is 0 Å². The summed E-state index contributed by atoms with van der Waals surface area (Å²) in [4.78, 5) is 34.6. The lowest BCUT2D eigenvalue weighted by atomic mass is 9.89. The molecule has 4 rings (SSSR count). The van der Waals surface area contributed by atoms with Crippen LogP contribution in [0.4, 0.5) is 0 Å². The van der Waals surface area contributed by atoms with Crippen LogP contribution in [0.25, 0.3) is 10.2 Å². The number of furan rings is 1. The molecule has 148 valence electrons. The van der Waals surface area contributed by atoms with E-state index in [0.29, 0.717) is 24.0 Å². The van der Waals surface area contributed by atoms with Crippen molar-refractivity contribution in [2.24, 2.45) is 5.92 Å². The molecule has 0 saturated heterocycles. The van der Waals surface area contributed by atoms with E-state index in [1.165, 1.54) is 22.2 Å². The predicted molar refractivity (Wildman–Crippen MR) is 113 cm³/mol. The highest BCUT2D eigenvalue weighted by molar-refractivity contribution is 8.00. The number of rotatable bonds is 6. The van der Waals surface area contributed by atoms with E-state index in [-0.39, 0.29) is 16.7 Å². The summed E-state index contributed by atoms with van der Waals surface area (Å²) in [6.07, 6.45) is 4.70. The molecule has 0 unspecified atom stereocenters. The average molecular weight is 418 g/mol. The second kappa shape index (κ2) is 8.13. The van der Waals surface area contributed by atoms with Gasteiger partial charge in [0.05, 0.1) is 29.2 Å². The Kier molecular flexibility index (Phi) is 5.59. The van der Waals surface area contributed by atoms with Gasteiger partial charge in [0.2, 0.25) is 5.91 Å². The number of nitrogens with one attached hydrogen (secondary N) is 2. The van der Waals surface area contributed by atoms with Crippen LogP contribution in [-0.4, -0.2) is 21.6 Å². The lowest BCUT2D eigenvalue weighted by molar-refractivity contribution is -0.118. The van der Waals surface area contributed by atoms with Crippen LogP contribution in [0, 0.1) is 5.92 Å². The second-order valence-corrected chi connectivity index (χ2v) is 9.71. The third kappa shape index (κ3) is 4.03. The van der Waals surface area contributed by atoms with Gasteiger partial charge in [-0.05, 0) is 49.8 Å². The standard InChI is InChI=1S/C20H23N3O3S2/c1-11-5-6-14-15(8-11)28-20-17(14)19(25)22-18(23-20)12(2)27-10-16(24)21-9-13-4-3-7-26-13/h3-4,7,11-12H,5-6,8-10H2,1-2H3,(H,21,24)(H,22,23,25)/t11-,12+/m0/s1. The Labute approximate surface area is 171 Å². The van der Waals surface area contributed by atoms with Crippen molar-refractivity contribution in [1.82, 2.24) is 15.3 Å². The molecule has 2 N–H and O–H groups in total. The molecule has 0 saturated carbocycles. The topological polar surface area (TPSA) is 88.0 Å². The lowest BCUT2D eigenvalue weighted by Crippen LogP contribution is -2.24. The second-order valence-electron chi connectivity index (χ2n) is 7.29. The van der Waals surface area contributed by atoms with E-state index in [9.17, 15) is 9.59 Å². The highest BCUT2D eigenvalue weighted by atomic mass is 32.2. The Hall–Kier alpha value is -2.06. The minimum Gasteiger partial charge on any atom is -0.467 e. The van der Waals surface area contributed by atoms with Gasteiger partial charge in [0.15, 0.2) is 0 Å². The molecule has 3 aromatic heterocycles. The van der Waals surface area contributed by atoms with E-state index >= 15 is 0 Å². The quantitative estimate of drug-likeness (QED) is 0.637. The SMILES string of the molecule is C[C@H]1CCc2c(sc3nc([C@@H](C)SCC(=O)NCc4ccco4)[nH]c(=O)c23)C1. The molecule has 3 aromatic rings. The molecule has 0 aromatic carbocycles.